The molecule has 0 bridgehead atoms. The first-order chi connectivity index (χ1) is 13.5. The first-order valence-corrected chi connectivity index (χ1v) is 7.88. The molecule has 11 heteroatoms. The zero-order valence-electron chi connectivity index (χ0n) is 14.5. The number of aliphatic carboxylic acids is 1. The van der Waals surface area contributed by atoms with Crippen LogP contribution in [-0.2, 0) is 16.2 Å². The number of hydrogen-bond acceptors (Lipinski definition) is 4. The molecule has 2 rings (SSSR count). The molecular weight excluding hydrogens is 400 g/mol. The summed E-state index contributed by atoms with van der Waals surface area (Å²) in [6, 6.07) is 11.9. The van der Waals surface area contributed by atoms with Gasteiger partial charge in [-0.05, 0) is 17.7 Å². The van der Waals surface area contributed by atoms with E-state index in [1.807, 2.05) is 0 Å². The Morgan fingerprint density at radius 1 is 0.966 bits per heavy atom. The molecule has 154 valence electrons. The van der Waals surface area contributed by atoms with Gasteiger partial charge in [0.15, 0.2) is 0 Å². The summed E-state index contributed by atoms with van der Waals surface area (Å²) in [5.41, 5.74) is 4.58. The van der Waals surface area contributed by atoms with E-state index in [4.69, 9.17) is 15.6 Å². The van der Waals surface area contributed by atoms with Crippen LogP contribution in [0.4, 0.5) is 23.2 Å². The van der Waals surface area contributed by atoms with Crippen LogP contribution >= 0.6 is 0 Å². The Hall–Kier alpha value is -3.63. The Morgan fingerprint density at radius 2 is 1.59 bits per heavy atom. The highest BCUT2D eigenvalue weighted by atomic mass is 19.3. The van der Waals surface area contributed by atoms with Crippen LogP contribution in [0.2, 0.25) is 0 Å². The second-order valence-corrected chi connectivity index (χ2v) is 5.73. The third-order valence-corrected chi connectivity index (χ3v) is 3.72. The molecule has 4 N–H and O–H groups in total. The minimum atomic E-state index is -5.69. The van der Waals surface area contributed by atoms with Crippen molar-refractivity contribution >= 4 is 23.5 Å². The Balaban J connectivity index is 2.38. The number of benzene rings is 2. The second-order valence-electron chi connectivity index (χ2n) is 5.73. The van der Waals surface area contributed by atoms with Gasteiger partial charge in [-0.1, -0.05) is 36.4 Å². The van der Waals surface area contributed by atoms with Gasteiger partial charge in [0.25, 0.3) is 5.91 Å². The highest BCUT2D eigenvalue weighted by Crippen LogP contribution is 2.37. The van der Waals surface area contributed by atoms with Gasteiger partial charge in [-0.3, -0.25) is 9.59 Å². The number of rotatable bonds is 8. The fraction of sp³-hybridized carbons (Fsp3) is 0.167. The van der Waals surface area contributed by atoms with Crippen LogP contribution < -0.4 is 15.8 Å². The van der Waals surface area contributed by atoms with Gasteiger partial charge in [-0.2, -0.15) is 17.6 Å². The molecule has 0 atom stereocenters. The van der Waals surface area contributed by atoms with Crippen molar-refractivity contribution in [3.8, 4) is 5.75 Å². The third-order valence-electron chi connectivity index (χ3n) is 3.72. The zero-order chi connectivity index (χ0) is 21.8. The average Bonchev–Trinajstić information content (AvgIpc) is 2.67. The average molecular weight is 414 g/mol. The number of nitrogens with two attached hydrogens (primary N) is 1. The van der Waals surface area contributed by atoms with Crippen LogP contribution in [0.25, 0.3) is 0 Å². The highest BCUT2D eigenvalue weighted by Gasteiger charge is 2.67. The topological polar surface area (TPSA) is 119 Å². The van der Waals surface area contributed by atoms with Crippen molar-refractivity contribution in [2.45, 2.75) is 18.5 Å². The first-order valence-electron chi connectivity index (χ1n) is 7.88. The molecule has 0 aliphatic rings. The van der Waals surface area contributed by atoms with Gasteiger partial charge in [-0.25, -0.2) is 4.79 Å². The molecule has 0 spiro atoms. The van der Waals surface area contributed by atoms with Crippen molar-refractivity contribution in [2.75, 3.05) is 5.32 Å². The maximum atomic E-state index is 13.7. The van der Waals surface area contributed by atoms with E-state index in [0.29, 0.717) is 5.56 Å². The van der Waals surface area contributed by atoms with Crippen LogP contribution in [0.15, 0.2) is 48.5 Å². The number of nitrogens with one attached hydrogen (secondary N) is 1. The fourth-order valence-electron chi connectivity index (χ4n) is 2.19. The summed E-state index contributed by atoms with van der Waals surface area (Å²) in [5.74, 6) is -18.6. The number of anilines is 1. The SMILES string of the molecule is NC(=O)c1cccc(OCc2ccccc2)c1NC(=O)C(F)(F)C(F)(F)C(=O)O. The monoisotopic (exact) mass is 414 g/mol. The molecule has 2 aromatic rings. The molecule has 0 aromatic heterocycles. The van der Waals surface area contributed by atoms with Gasteiger partial charge in [0.2, 0.25) is 0 Å². The van der Waals surface area contributed by atoms with Crippen molar-refractivity contribution < 1.29 is 41.8 Å². The lowest BCUT2D eigenvalue weighted by Gasteiger charge is -2.23. The summed E-state index contributed by atoms with van der Waals surface area (Å²) < 4.78 is 59.4. The number of amides is 2. The molecule has 0 fully saturated rings. The van der Waals surface area contributed by atoms with Crippen molar-refractivity contribution in [3.05, 3.63) is 59.7 Å². The van der Waals surface area contributed by atoms with E-state index in [1.54, 1.807) is 30.3 Å². The van der Waals surface area contributed by atoms with Crippen LogP contribution in [0.3, 0.4) is 0 Å². The minimum absolute atomic E-state index is 0.117. The Bertz CT molecular complexity index is 935. The molecule has 0 saturated carbocycles. The van der Waals surface area contributed by atoms with Crippen molar-refractivity contribution in [1.29, 1.82) is 0 Å². The molecule has 0 saturated heterocycles. The molecule has 29 heavy (non-hydrogen) atoms. The second kappa shape index (κ2) is 8.17. The maximum Gasteiger partial charge on any atom is 0.413 e. The van der Waals surface area contributed by atoms with Crippen molar-refractivity contribution in [1.82, 2.24) is 0 Å². The van der Waals surface area contributed by atoms with Crippen LogP contribution in [0.5, 0.6) is 5.75 Å². The zero-order valence-corrected chi connectivity index (χ0v) is 14.5. The number of carbonyl (C=O) groups is 3. The summed E-state index contributed by atoms with van der Waals surface area (Å²) in [6.07, 6.45) is 0. The fourth-order valence-corrected chi connectivity index (χ4v) is 2.19. The summed E-state index contributed by atoms with van der Waals surface area (Å²) in [4.78, 5) is 33.8. The number of halogens is 4. The number of ether oxygens (including phenoxy) is 1. The van der Waals surface area contributed by atoms with Gasteiger partial charge < -0.3 is 20.9 Å². The summed E-state index contributed by atoms with van der Waals surface area (Å²) >= 11 is 0. The standard InChI is InChI=1S/C18H14F4N2O5/c19-17(20,18(21,22)16(27)28)15(26)24-13-11(14(23)25)7-4-8-12(13)29-9-10-5-2-1-3-6-10/h1-8H,9H2,(H2,23,25)(H,24,26)(H,27,28). The number of primary amides is 1. The summed E-state index contributed by atoms with van der Waals surface area (Å²) in [7, 11) is 0. The number of carbonyl (C=O) groups excluding carboxylic acids is 2. The van der Waals surface area contributed by atoms with E-state index in [9.17, 15) is 31.9 Å². The molecular formula is C18H14F4N2O5. The number of para-hydroxylation sites is 1. The first kappa shape index (κ1) is 21.7. The van der Waals surface area contributed by atoms with E-state index in [0.717, 1.165) is 6.07 Å². The summed E-state index contributed by atoms with van der Waals surface area (Å²) in [5, 5.41) is 9.73. The van der Waals surface area contributed by atoms with Crippen molar-refractivity contribution in [3.63, 3.8) is 0 Å². The largest absolute Gasteiger partial charge is 0.487 e. The number of carboxylic acids is 1. The van der Waals surface area contributed by atoms with E-state index in [1.165, 1.54) is 17.4 Å². The van der Waals surface area contributed by atoms with E-state index < -0.39 is 40.9 Å². The van der Waals surface area contributed by atoms with E-state index in [2.05, 4.69) is 0 Å². The summed E-state index contributed by atoms with van der Waals surface area (Å²) in [6.45, 7) is -0.117. The smallest absolute Gasteiger partial charge is 0.413 e. The van der Waals surface area contributed by atoms with Gasteiger partial charge in [0, 0.05) is 0 Å². The maximum absolute atomic E-state index is 13.7. The predicted octanol–water partition coefficient (Wildman–Crippen LogP) is 2.66. The Labute approximate surface area is 161 Å². The molecule has 0 radical (unpaired) electrons. The van der Waals surface area contributed by atoms with Crippen LogP contribution in [-0.4, -0.2) is 34.7 Å². The van der Waals surface area contributed by atoms with Gasteiger partial charge in [0.1, 0.15) is 12.4 Å². The number of alkyl halides is 4. The quantitative estimate of drug-likeness (QED) is 0.574. The van der Waals surface area contributed by atoms with Crippen molar-refractivity contribution in [2.24, 2.45) is 5.73 Å². The molecule has 2 amide bonds. The Kier molecular flexibility index (Phi) is 6.10. The molecule has 0 aliphatic carbocycles. The third kappa shape index (κ3) is 4.45. The lowest BCUT2D eigenvalue weighted by Crippen LogP contribution is -2.54. The minimum Gasteiger partial charge on any atom is -0.487 e. The Morgan fingerprint density at radius 3 is 2.14 bits per heavy atom. The molecule has 0 heterocycles. The predicted molar refractivity (Wildman–Crippen MR) is 91.9 cm³/mol. The van der Waals surface area contributed by atoms with Gasteiger partial charge in [-0.15, -0.1) is 0 Å². The van der Waals surface area contributed by atoms with E-state index in [-0.39, 0.29) is 12.4 Å². The van der Waals surface area contributed by atoms with E-state index >= 15 is 0 Å². The normalized spacial score (nSPS) is 11.6. The van der Waals surface area contributed by atoms with Gasteiger partial charge in [0.05, 0.1) is 11.3 Å². The highest BCUT2D eigenvalue weighted by molar-refractivity contribution is 6.07. The molecule has 0 unspecified atom stereocenters. The lowest BCUT2D eigenvalue weighted by molar-refractivity contribution is -0.219. The van der Waals surface area contributed by atoms with Crippen LogP contribution in [0, 0.1) is 0 Å². The molecule has 0 aliphatic heterocycles. The lowest BCUT2D eigenvalue weighted by atomic mass is 10.1. The van der Waals surface area contributed by atoms with Gasteiger partial charge >= 0.3 is 23.7 Å². The molecule has 7 nitrogen and oxygen atoms in total. The molecule has 2 aromatic carbocycles. The number of hydrogen-bond donors (Lipinski definition) is 3. The number of carboxylic acid groups (broad SMARTS) is 1. The van der Waals surface area contributed by atoms with Crippen LogP contribution in [0.1, 0.15) is 15.9 Å².